The van der Waals surface area contributed by atoms with Crippen LogP contribution in [0.3, 0.4) is 0 Å². The maximum absolute atomic E-state index is 11.7. The molecule has 2 rings (SSSR count). The molecule has 18 heavy (non-hydrogen) atoms. The first-order valence-corrected chi connectivity index (χ1v) is 4.85. The molecule has 1 heterocycles. The standard InChI is InChI=1S/C10H10N2O6/c13-8-9(14,15)7(10(16,17)18)11-12(8)6-4-2-1-3-5-6/h1-5,14-18H. The summed E-state index contributed by atoms with van der Waals surface area (Å²) in [5.41, 5.74) is -1.11. The molecule has 1 amide bonds. The summed E-state index contributed by atoms with van der Waals surface area (Å²) in [4.78, 5) is 11.7. The number of hydrogen-bond donors (Lipinski definition) is 5. The highest BCUT2D eigenvalue weighted by atomic mass is 16.7. The second-order valence-electron chi connectivity index (χ2n) is 3.71. The minimum atomic E-state index is -3.61. The van der Waals surface area contributed by atoms with E-state index in [0.717, 1.165) is 0 Å². The fourth-order valence-electron chi connectivity index (χ4n) is 1.51. The lowest BCUT2D eigenvalue weighted by Crippen LogP contribution is -2.55. The van der Waals surface area contributed by atoms with Gasteiger partial charge in [0.1, 0.15) is 0 Å². The lowest BCUT2D eigenvalue weighted by Gasteiger charge is -2.20. The molecule has 8 nitrogen and oxygen atoms in total. The Labute approximate surface area is 101 Å². The van der Waals surface area contributed by atoms with Crippen molar-refractivity contribution in [1.82, 2.24) is 0 Å². The number of hydrazone groups is 1. The number of amides is 1. The van der Waals surface area contributed by atoms with E-state index in [9.17, 15) is 15.0 Å². The van der Waals surface area contributed by atoms with Crippen LogP contribution in [-0.2, 0) is 4.79 Å². The number of hydrogen-bond acceptors (Lipinski definition) is 7. The SMILES string of the molecule is O=C1N(c2ccccc2)N=C(C(O)(O)O)C1(O)O. The van der Waals surface area contributed by atoms with Crippen LogP contribution in [0, 0.1) is 0 Å². The number of benzene rings is 1. The number of carbonyl (C=O) groups is 1. The smallest absolute Gasteiger partial charge is 0.326 e. The van der Waals surface area contributed by atoms with Crippen molar-refractivity contribution in [3.05, 3.63) is 30.3 Å². The van der Waals surface area contributed by atoms with Crippen molar-refractivity contribution < 1.29 is 30.3 Å². The number of anilines is 1. The van der Waals surface area contributed by atoms with Gasteiger partial charge in [-0.3, -0.25) is 4.79 Å². The molecule has 1 aromatic rings. The first-order valence-electron chi connectivity index (χ1n) is 4.85. The van der Waals surface area contributed by atoms with E-state index in [-0.39, 0.29) is 5.69 Å². The third kappa shape index (κ3) is 1.88. The first kappa shape index (κ1) is 12.6. The molecule has 0 radical (unpaired) electrons. The van der Waals surface area contributed by atoms with E-state index in [1.165, 1.54) is 12.1 Å². The van der Waals surface area contributed by atoms with E-state index in [1.807, 2.05) is 0 Å². The zero-order valence-electron chi connectivity index (χ0n) is 8.93. The summed E-state index contributed by atoms with van der Waals surface area (Å²) >= 11 is 0. The van der Waals surface area contributed by atoms with Gasteiger partial charge in [0, 0.05) is 0 Å². The van der Waals surface area contributed by atoms with Crippen LogP contribution in [0.15, 0.2) is 35.4 Å². The lowest BCUT2D eigenvalue weighted by atomic mass is 10.1. The van der Waals surface area contributed by atoms with Gasteiger partial charge in [0.15, 0.2) is 5.71 Å². The molecule has 0 aromatic heterocycles. The van der Waals surface area contributed by atoms with Crippen LogP contribution in [0.25, 0.3) is 0 Å². The van der Waals surface area contributed by atoms with Crippen molar-refractivity contribution in [3.63, 3.8) is 0 Å². The summed E-state index contributed by atoms with van der Waals surface area (Å²) < 4.78 is 0. The van der Waals surface area contributed by atoms with Crippen LogP contribution in [0.5, 0.6) is 0 Å². The van der Waals surface area contributed by atoms with Crippen molar-refractivity contribution >= 4 is 17.3 Å². The molecule has 0 spiro atoms. The van der Waals surface area contributed by atoms with Crippen LogP contribution < -0.4 is 5.01 Å². The van der Waals surface area contributed by atoms with Crippen molar-refractivity contribution in [1.29, 1.82) is 0 Å². The minimum absolute atomic E-state index is 0.175. The number of aliphatic hydroxyl groups is 5. The molecule has 0 saturated heterocycles. The maximum atomic E-state index is 11.7. The monoisotopic (exact) mass is 254 g/mol. The van der Waals surface area contributed by atoms with E-state index >= 15 is 0 Å². The number of carbonyl (C=O) groups excluding carboxylic acids is 1. The van der Waals surface area contributed by atoms with E-state index in [0.29, 0.717) is 5.01 Å². The largest absolute Gasteiger partial charge is 0.353 e. The van der Waals surface area contributed by atoms with Gasteiger partial charge >= 0.3 is 11.9 Å². The third-order valence-corrected chi connectivity index (χ3v) is 2.34. The normalized spacial score (nSPS) is 19.1. The van der Waals surface area contributed by atoms with E-state index < -0.39 is 23.4 Å². The Morgan fingerprint density at radius 2 is 1.67 bits per heavy atom. The quantitative estimate of drug-likeness (QED) is 0.377. The van der Waals surface area contributed by atoms with Crippen molar-refractivity contribution in [2.24, 2.45) is 5.10 Å². The highest BCUT2D eigenvalue weighted by Crippen LogP contribution is 2.27. The van der Waals surface area contributed by atoms with Crippen LogP contribution >= 0.6 is 0 Å². The highest BCUT2D eigenvalue weighted by molar-refractivity contribution is 6.21. The second kappa shape index (κ2) is 3.83. The fourth-order valence-corrected chi connectivity index (χ4v) is 1.51. The number of rotatable bonds is 2. The Kier molecular flexibility index (Phi) is 2.69. The number of para-hydroxylation sites is 1. The fraction of sp³-hybridized carbons (Fsp3) is 0.200. The molecule has 0 fully saturated rings. The minimum Gasteiger partial charge on any atom is -0.353 e. The van der Waals surface area contributed by atoms with Gasteiger partial charge in [-0.25, -0.2) is 0 Å². The molecule has 1 aliphatic rings. The molecule has 96 valence electrons. The Bertz CT molecular complexity index is 505. The van der Waals surface area contributed by atoms with Gasteiger partial charge in [0.2, 0.25) is 0 Å². The van der Waals surface area contributed by atoms with Crippen molar-refractivity contribution in [3.8, 4) is 0 Å². The Hall–Kier alpha value is -1.84. The molecule has 0 atom stereocenters. The van der Waals surface area contributed by atoms with Gasteiger partial charge < -0.3 is 25.5 Å². The van der Waals surface area contributed by atoms with E-state index in [4.69, 9.17) is 15.3 Å². The molecule has 0 bridgehead atoms. The summed E-state index contributed by atoms with van der Waals surface area (Å²) in [6.07, 6.45) is 0. The summed E-state index contributed by atoms with van der Waals surface area (Å²) in [5, 5.41) is 49.5. The summed E-state index contributed by atoms with van der Waals surface area (Å²) in [6.45, 7) is 0. The van der Waals surface area contributed by atoms with Gasteiger partial charge in [-0.15, -0.1) is 0 Å². The molecule has 8 heteroatoms. The van der Waals surface area contributed by atoms with Gasteiger partial charge in [-0.2, -0.15) is 10.1 Å². The van der Waals surface area contributed by atoms with Crippen molar-refractivity contribution in [2.45, 2.75) is 11.8 Å². The predicted octanol–water partition coefficient (Wildman–Crippen LogP) is -2.30. The predicted molar refractivity (Wildman–Crippen MR) is 57.9 cm³/mol. The van der Waals surface area contributed by atoms with Crippen LogP contribution in [-0.4, -0.2) is 48.9 Å². The molecule has 1 aromatic carbocycles. The highest BCUT2D eigenvalue weighted by Gasteiger charge is 2.57. The summed E-state index contributed by atoms with van der Waals surface area (Å²) in [5.74, 6) is -8.22. The summed E-state index contributed by atoms with van der Waals surface area (Å²) in [6, 6.07) is 7.67. The first-order chi connectivity index (χ1) is 8.24. The molecular formula is C10H10N2O6. The van der Waals surface area contributed by atoms with E-state index in [2.05, 4.69) is 5.10 Å². The molecular weight excluding hydrogens is 244 g/mol. The zero-order chi connectivity index (χ0) is 13.6. The van der Waals surface area contributed by atoms with Gasteiger partial charge in [-0.1, -0.05) is 18.2 Å². The average molecular weight is 254 g/mol. The Morgan fingerprint density at radius 3 is 2.11 bits per heavy atom. The van der Waals surface area contributed by atoms with Crippen LogP contribution in [0.4, 0.5) is 5.69 Å². The maximum Gasteiger partial charge on any atom is 0.326 e. The third-order valence-electron chi connectivity index (χ3n) is 2.34. The molecule has 1 aliphatic heterocycles. The van der Waals surface area contributed by atoms with Crippen LogP contribution in [0.1, 0.15) is 0 Å². The van der Waals surface area contributed by atoms with E-state index in [1.54, 1.807) is 18.2 Å². The molecule has 0 unspecified atom stereocenters. The average Bonchev–Trinajstić information content (AvgIpc) is 2.52. The van der Waals surface area contributed by atoms with Gasteiger partial charge in [0.25, 0.3) is 5.79 Å². The van der Waals surface area contributed by atoms with Crippen LogP contribution in [0.2, 0.25) is 0 Å². The summed E-state index contributed by atoms with van der Waals surface area (Å²) in [7, 11) is 0. The molecule has 5 N–H and O–H groups in total. The second-order valence-corrected chi connectivity index (χ2v) is 3.71. The Morgan fingerprint density at radius 1 is 1.11 bits per heavy atom. The Balaban J connectivity index is 2.48. The zero-order valence-corrected chi connectivity index (χ0v) is 8.93. The molecule has 0 saturated carbocycles. The number of nitrogens with zero attached hydrogens (tertiary/aromatic N) is 2. The van der Waals surface area contributed by atoms with Crippen molar-refractivity contribution in [2.75, 3.05) is 5.01 Å². The van der Waals surface area contributed by atoms with Gasteiger partial charge in [-0.05, 0) is 12.1 Å². The lowest BCUT2D eigenvalue weighted by molar-refractivity contribution is -0.267. The molecule has 0 aliphatic carbocycles. The van der Waals surface area contributed by atoms with Gasteiger partial charge in [0.05, 0.1) is 5.69 Å². The topological polar surface area (TPSA) is 134 Å².